The maximum absolute atomic E-state index is 12.9. The van der Waals surface area contributed by atoms with Gasteiger partial charge in [-0.2, -0.15) is 0 Å². The molecule has 2 aromatic carbocycles. The summed E-state index contributed by atoms with van der Waals surface area (Å²) in [6.45, 7) is 8.05. The highest BCUT2D eigenvalue weighted by Crippen LogP contribution is 2.33. The predicted molar refractivity (Wildman–Crippen MR) is 172 cm³/mol. The summed E-state index contributed by atoms with van der Waals surface area (Å²) >= 11 is 6.40. The summed E-state index contributed by atoms with van der Waals surface area (Å²) in [5.41, 5.74) is 5.91. The average molecular weight is 604 g/mol. The zero-order valence-electron chi connectivity index (χ0n) is 25.3. The van der Waals surface area contributed by atoms with Gasteiger partial charge in [0, 0.05) is 68.5 Å². The fraction of sp³-hybridized carbons (Fsp3) is 0.344. The number of hydrogen-bond acceptors (Lipinski definition) is 8. The molecule has 226 valence electrons. The molecule has 0 saturated carbocycles. The smallest absolute Gasteiger partial charge is 0.417 e. The number of halogens is 1. The Kier molecular flexibility index (Phi) is 9.37. The molecule has 2 N–H and O–H groups in total. The van der Waals surface area contributed by atoms with Gasteiger partial charge in [0.25, 0.3) is 0 Å². The number of methoxy groups -OCH3 is 1. The fourth-order valence-corrected chi connectivity index (χ4v) is 5.56. The molecule has 1 aliphatic heterocycles. The molecule has 1 amide bonds. The molecule has 43 heavy (non-hydrogen) atoms. The van der Waals surface area contributed by atoms with Crippen molar-refractivity contribution in [3.05, 3.63) is 71.0 Å². The van der Waals surface area contributed by atoms with E-state index in [0.29, 0.717) is 40.3 Å². The van der Waals surface area contributed by atoms with E-state index in [-0.39, 0.29) is 0 Å². The molecule has 1 saturated heterocycles. The number of rotatable bonds is 9. The summed E-state index contributed by atoms with van der Waals surface area (Å²) in [5, 5.41) is 6.82. The number of benzene rings is 2. The third kappa shape index (κ3) is 6.87. The number of hydrogen-bond donors (Lipinski definition) is 2. The Hall–Kier alpha value is -4.28. The van der Waals surface area contributed by atoms with Crippen LogP contribution in [0.1, 0.15) is 25.0 Å². The van der Waals surface area contributed by atoms with E-state index in [0.717, 1.165) is 60.8 Å². The molecule has 1 aliphatic rings. The number of nitrogens with one attached hydrogen (secondary N) is 2. The first-order valence-corrected chi connectivity index (χ1v) is 14.8. The average Bonchev–Trinajstić information content (AvgIpc) is 3.37. The zero-order chi connectivity index (χ0) is 30.5. The minimum Gasteiger partial charge on any atom is -0.494 e. The van der Waals surface area contributed by atoms with Crippen LogP contribution < -0.4 is 25.0 Å². The summed E-state index contributed by atoms with van der Waals surface area (Å²) in [6, 6.07) is 13.5. The van der Waals surface area contributed by atoms with E-state index in [9.17, 15) is 4.79 Å². The van der Waals surface area contributed by atoms with Crippen molar-refractivity contribution >= 4 is 40.7 Å². The standard InChI is InChI=1S/C32H38ClN7O3/c1-6-21-8-10-25(33)24(7-2)30(21)37-32(41)43-23-19-28(39(4)20-23)26-12-13-34-31(35-26)36-27-11-9-22(18-29(27)42-5)40-16-14-38(3)15-17-40/h8-13,18-20H,6-7,14-17H2,1-5H3,(H,37,41)(H,34,35,36). The van der Waals surface area contributed by atoms with Gasteiger partial charge < -0.3 is 29.2 Å². The molecule has 0 unspecified atom stereocenters. The molecule has 3 heterocycles. The van der Waals surface area contributed by atoms with Crippen LogP contribution in [0, 0.1) is 0 Å². The summed E-state index contributed by atoms with van der Waals surface area (Å²) in [7, 11) is 5.67. The number of amides is 1. The Labute approximate surface area is 257 Å². The number of likely N-dealkylation sites (N-methyl/N-ethyl adjacent to an activating group) is 1. The molecule has 0 bridgehead atoms. The van der Waals surface area contributed by atoms with Gasteiger partial charge in [0.1, 0.15) is 5.75 Å². The van der Waals surface area contributed by atoms with Gasteiger partial charge in [0.05, 0.1) is 29.9 Å². The SMILES string of the molecule is CCc1ccc(Cl)c(CC)c1NC(=O)Oc1cc(-c2ccnc(Nc3ccc(N4CCN(C)CC4)cc3OC)n2)n(C)c1. The number of aryl methyl sites for hydroxylation is 2. The summed E-state index contributed by atoms with van der Waals surface area (Å²) < 4.78 is 13.2. The Balaban J connectivity index is 1.30. The minimum absolute atomic E-state index is 0.391. The molecule has 0 radical (unpaired) electrons. The molecular formula is C32H38ClN7O3. The largest absolute Gasteiger partial charge is 0.494 e. The van der Waals surface area contributed by atoms with E-state index in [2.05, 4.69) is 38.5 Å². The topological polar surface area (TPSA) is 96.8 Å². The lowest BCUT2D eigenvalue weighted by atomic mass is 10.0. The van der Waals surface area contributed by atoms with Crippen molar-refractivity contribution in [2.45, 2.75) is 26.7 Å². The number of ether oxygens (including phenoxy) is 2. The fourth-order valence-electron chi connectivity index (χ4n) is 5.27. The normalized spacial score (nSPS) is 13.6. The van der Waals surface area contributed by atoms with Gasteiger partial charge in [-0.05, 0) is 55.3 Å². The maximum Gasteiger partial charge on any atom is 0.417 e. The first-order valence-electron chi connectivity index (χ1n) is 14.5. The molecule has 10 nitrogen and oxygen atoms in total. The van der Waals surface area contributed by atoms with Crippen molar-refractivity contribution in [3.63, 3.8) is 0 Å². The van der Waals surface area contributed by atoms with Gasteiger partial charge >= 0.3 is 6.09 Å². The molecule has 2 aromatic heterocycles. The van der Waals surface area contributed by atoms with E-state index in [1.54, 1.807) is 25.6 Å². The Morgan fingerprint density at radius 2 is 1.81 bits per heavy atom. The molecule has 0 atom stereocenters. The van der Waals surface area contributed by atoms with Crippen LogP contribution in [0.15, 0.2) is 54.9 Å². The second-order valence-electron chi connectivity index (χ2n) is 10.5. The van der Waals surface area contributed by atoms with Gasteiger partial charge in [-0.3, -0.25) is 5.32 Å². The first kappa shape index (κ1) is 30.2. The van der Waals surface area contributed by atoms with Gasteiger partial charge in [-0.15, -0.1) is 0 Å². The van der Waals surface area contributed by atoms with E-state index < -0.39 is 6.09 Å². The maximum atomic E-state index is 12.9. The van der Waals surface area contributed by atoms with Crippen LogP contribution in [-0.2, 0) is 19.9 Å². The number of piperazine rings is 1. The highest BCUT2D eigenvalue weighted by Gasteiger charge is 2.18. The van der Waals surface area contributed by atoms with E-state index in [4.69, 9.17) is 26.1 Å². The molecule has 0 aliphatic carbocycles. The van der Waals surface area contributed by atoms with Gasteiger partial charge in [0.2, 0.25) is 5.95 Å². The lowest BCUT2D eigenvalue weighted by Gasteiger charge is -2.34. The van der Waals surface area contributed by atoms with Gasteiger partial charge in [0.15, 0.2) is 5.75 Å². The van der Waals surface area contributed by atoms with Crippen molar-refractivity contribution in [1.29, 1.82) is 0 Å². The van der Waals surface area contributed by atoms with Crippen LogP contribution in [-0.4, -0.2) is 65.9 Å². The Bertz CT molecular complexity index is 1600. The highest BCUT2D eigenvalue weighted by molar-refractivity contribution is 6.31. The number of aromatic nitrogens is 3. The van der Waals surface area contributed by atoms with Crippen LogP contribution in [0.3, 0.4) is 0 Å². The lowest BCUT2D eigenvalue weighted by Crippen LogP contribution is -2.44. The second-order valence-corrected chi connectivity index (χ2v) is 10.9. The van der Waals surface area contributed by atoms with Gasteiger partial charge in [-0.1, -0.05) is 31.5 Å². The van der Waals surface area contributed by atoms with E-state index in [1.165, 1.54) is 0 Å². The number of carbonyl (C=O) groups is 1. The third-order valence-corrected chi connectivity index (χ3v) is 8.07. The quantitative estimate of drug-likeness (QED) is 0.228. The molecule has 1 fully saturated rings. The van der Waals surface area contributed by atoms with Crippen LogP contribution in [0.2, 0.25) is 5.02 Å². The third-order valence-electron chi connectivity index (χ3n) is 7.71. The van der Waals surface area contributed by atoms with Gasteiger partial charge in [-0.25, -0.2) is 14.8 Å². The van der Waals surface area contributed by atoms with Crippen LogP contribution >= 0.6 is 11.6 Å². The van der Waals surface area contributed by atoms with Crippen molar-refractivity contribution in [1.82, 2.24) is 19.4 Å². The summed E-state index contributed by atoms with van der Waals surface area (Å²) in [5.74, 6) is 1.52. The van der Waals surface area contributed by atoms with Crippen LogP contribution in [0.25, 0.3) is 11.4 Å². The van der Waals surface area contributed by atoms with Crippen molar-refractivity contribution in [3.8, 4) is 22.9 Å². The Morgan fingerprint density at radius 1 is 1.02 bits per heavy atom. The van der Waals surface area contributed by atoms with Crippen LogP contribution in [0.5, 0.6) is 11.5 Å². The molecule has 11 heteroatoms. The second kappa shape index (κ2) is 13.4. The number of nitrogens with zero attached hydrogens (tertiary/aromatic N) is 5. The lowest BCUT2D eigenvalue weighted by molar-refractivity contribution is 0.215. The summed E-state index contributed by atoms with van der Waals surface area (Å²) in [4.78, 5) is 26.7. The van der Waals surface area contributed by atoms with Crippen LogP contribution in [0.4, 0.5) is 27.8 Å². The highest BCUT2D eigenvalue weighted by atomic mass is 35.5. The van der Waals surface area contributed by atoms with Crippen molar-refractivity contribution < 1.29 is 14.3 Å². The number of carbonyl (C=O) groups excluding carboxylic acids is 1. The first-order chi connectivity index (χ1) is 20.8. The molecular weight excluding hydrogens is 566 g/mol. The monoisotopic (exact) mass is 603 g/mol. The Morgan fingerprint density at radius 3 is 2.53 bits per heavy atom. The van der Waals surface area contributed by atoms with E-state index >= 15 is 0 Å². The molecule has 0 spiro atoms. The van der Waals surface area contributed by atoms with Crippen molar-refractivity contribution in [2.75, 3.05) is 55.9 Å². The molecule has 4 aromatic rings. The molecule has 5 rings (SSSR count). The summed E-state index contributed by atoms with van der Waals surface area (Å²) in [6.07, 6.45) is 4.29. The van der Waals surface area contributed by atoms with E-state index in [1.807, 2.05) is 55.8 Å². The van der Waals surface area contributed by atoms with Crippen molar-refractivity contribution in [2.24, 2.45) is 7.05 Å². The number of anilines is 4. The zero-order valence-corrected chi connectivity index (χ0v) is 26.0. The minimum atomic E-state index is -0.582. The predicted octanol–water partition coefficient (Wildman–Crippen LogP) is 6.38.